The molecule has 1 N–H and O–H groups in total. The van der Waals surface area contributed by atoms with Crippen LogP contribution in [0.5, 0.6) is 0 Å². The molecule has 0 radical (unpaired) electrons. The Balaban J connectivity index is 1.71. The van der Waals surface area contributed by atoms with Crippen molar-refractivity contribution in [2.45, 2.75) is 19.3 Å². The number of halogens is 1. The van der Waals surface area contributed by atoms with Gasteiger partial charge in [0.15, 0.2) is 0 Å². The summed E-state index contributed by atoms with van der Waals surface area (Å²) in [4.78, 5) is 11.9. The van der Waals surface area contributed by atoms with Crippen molar-refractivity contribution in [1.82, 2.24) is 5.32 Å². The maximum atomic E-state index is 12.7. The first kappa shape index (κ1) is 13.4. The summed E-state index contributed by atoms with van der Waals surface area (Å²) < 4.78 is 12.7. The summed E-state index contributed by atoms with van der Waals surface area (Å²) in [6.07, 6.45) is 2.74. The zero-order chi connectivity index (χ0) is 12.8. The fraction of sp³-hybridized carbons (Fsp3) is 0.500. The number of amides is 1. The predicted molar refractivity (Wildman–Crippen MR) is 73.2 cm³/mol. The first-order valence-corrected chi connectivity index (χ1v) is 7.51. The van der Waals surface area contributed by atoms with Crippen molar-refractivity contribution in [2.75, 3.05) is 18.1 Å². The molecule has 1 aliphatic heterocycles. The zero-order valence-corrected chi connectivity index (χ0v) is 11.1. The molecule has 0 saturated carbocycles. The van der Waals surface area contributed by atoms with Gasteiger partial charge in [0.1, 0.15) is 5.82 Å². The molecule has 0 bridgehead atoms. The van der Waals surface area contributed by atoms with E-state index in [9.17, 15) is 9.18 Å². The number of hydrogen-bond donors (Lipinski definition) is 1. The summed E-state index contributed by atoms with van der Waals surface area (Å²) in [5, 5.41) is 2.97. The molecule has 2 nitrogen and oxygen atoms in total. The molecule has 0 spiro atoms. The largest absolute Gasteiger partial charge is 0.356 e. The molecule has 1 aromatic carbocycles. The van der Waals surface area contributed by atoms with E-state index < -0.39 is 0 Å². The monoisotopic (exact) mass is 267 g/mol. The van der Waals surface area contributed by atoms with Crippen LogP contribution in [0.2, 0.25) is 0 Å². The smallest absolute Gasteiger partial charge is 0.223 e. The SMILES string of the molecule is O=C(NCCc1ccc(F)cc1)C1CCSCC1. The summed E-state index contributed by atoms with van der Waals surface area (Å²) in [6.45, 7) is 0.633. The number of thioether (sulfide) groups is 1. The average molecular weight is 267 g/mol. The molecule has 1 heterocycles. The van der Waals surface area contributed by atoms with Crippen molar-refractivity contribution < 1.29 is 9.18 Å². The molecule has 0 unspecified atom stereocenters. The zero-order valence-electron chi connectivity index (χ0n) is 10.3. The predicted octanol–water partition coefficient (Wildman–Crippen LogP) is 2.63. The maximum absolute atomic E-state index is 12.7. The van der Waals surface area contributed by atoms with Gasteiger partial charge in [-0.3, -0.25) is 4.79 Å². The molecule has 1 aliphatic rings. The maximum Gasteiger partial charge on any atom is 0.223 e. The van der Waals surface area contributed by atoms with Gasteiger partial charge in [-0.05, 0) is 48.5 Å². The number of carbonyl (C=O) groups excluding carboxylic acids is 1. The highest BCUT2D eigenvalue weighted by molar-refractivity contribution is 7.99. The topological polar surface area (TPSA) is 29.1 Å². The first-order chi connectivity index (χ1) is 8.75. The van der Waals surface area contributed by atoms with Crippen LogP contribution in [0.25, 0.3) is 0 Å². The van der Waals surface area contributed by atoms with E-state index in [1.165, 1.54) is 12.1 Å². The highest BCUT2D eigenvalue weighted by atomic mass is 32.2. The minimum absolute atomic E-state index is 0.178. The van der Waals surface area contributed by atoms with Crippen LogP contribution in [-0.4, -0.2) is 24.0 Å². The molecular formula is C14H18FNOS. The average Bonchev–Trinajstić information content (AvgIpc) is 2.42. The molecule has 0 aliphatic carbocycles. The Bertz CT molecular complexity index is 387. The van der Waals surface area contributed by atoms with E-state index in [0.29, 0.717) is 6.54 Å². The lowest BCUT2D eigenvalue weighted by Crippen LogP contribution is -2.34. The third kappa shape index (κ3) is 4.02. The summed E-state index contributed by atoms with van der Waals surface area (Å²) >= 11 is 1.92. The Morgan fingerprint density at radius 1 is 1.28 bits per heavy atom. The van der Waals surface area contributed by atoms with Gasteiger partial charge < -0.3 is 5.32 Å². The van der Waals surface area contributed by atoms with Crippen LogP contribution >= 0.6 is 11.8 Å². The van der Waals surface area contributed by atoms with Crippen molar-refractivity contribution in [2.24, 2.45) is 5.92 Å². The molecule has 98 valence electrons. The normalized spacial score (nSPS) is 16.5. The Hall–Kier alpha value is -1.03. The van der Waals surface area contributed by atoms with Crippen molar-refractivity contribution in [3.05, 3.63) is 35.6 Å². The first-order valence-electron chi connectivity index (χ1n) is 6.35. The van der Waals surface area contributed by atoms with Crippen molar-refractivity contribution in [1.29, 1.82) is 0 Å². The molecule has 0 atom stereocenters. The summed E-state index contributed by atoms with van der Waals surface area (Å²) in [5.41, 5.74) is 1.05. The summed E-state index contributed by atoms with van der Waals surface area (Å²) in [5.74, 6) is 2.34. The molecule has 1 fully saturated rings. The number of rotatable bonds is 4. The van der Waals surface area contributed by atoms with Crippen molar-refractivity contribution in [3.63, 3.8) is 0 Å². The highest BCUT2D eigenvalue weighted by Gasteiger charge is 2.20. The molecule has 0 aromatic heterocycles. The van der Waals surface area contributed by atoms with E-state index in [2.05, 4.69) is 5.32 Å². The summed E-state index contributed by atoms with van der Waals surface area (Å²) in [7, 11) is 0. The standard InChI is InChI=1S/C14H18FNOS/c15-13-3-1-11(2-4-13)5-8-16-14(17)12-6-9-18-10-7-12/h1-4,12H,5-10H2,(H,16,17). The van der Waals surface area contributed by atoms with Crippen LogP contribution in [0, 0.1) is 11.7 Å². The van der Waals surface area contributed by atoms with Gasteiger partial charge in [-0.2, -0.15) is 11.8 Å². The second-order valence-corrected chi connectivity index (χ2v) is 5.78. The lowest BCUT2D eigenvalue weighted by molar-refractivity contribution is -0.125. The lowest BCUT2D eigenvalue weighted by Gasteiger charge is -2.20. The van der Waals surface area contributed by atoms with E-state index in [0.717, 1.165) is 36.3 Å². The van der Waals surface area contributed by atoms with Gasteiger partial charge >= 0.3 is 0 Å². The van der Waals surface area contributed by atoms with Crippen LogP contribution in [-0.2, 0) is 11.2 Å². The Morgan fingerprint density at radius 2 is 1.94 bits per heavy atom. The van der Waals surface area contributed by atoms with E-state index in [1.807, 2.05) is 11.8 Å². The van der Waals surface area contributed by atoms with E-state index in [-0.39, 0.29) is 17.6 Å². The molecular weight excluding hydrogens is 249 g/mol. The van der Waals surface area contributed by atoms with Crippen LogP contribution < -0.4 is 5.32 Å². The van der Waals surface area contributed by atoms with Gasteiger partial charge in [0, 0.05) is 12.5 Å². The van der Waals surface area contributed by atoms with Gasteiger partial charge in [0.2, 0.25) is 5.91 Å². The molecule has 18 heavy (non-hydrogen) atoms. The minimum Gasteiger partial charge on any atom is -0.356 e. The van der Waals surface area contributed by atoms with E-state index in [4.69, 9.17) is 0 Å². The van der Waals surface area contributed by atoms with Crippen LogP contribution in [0.15, 0.2) is 24.3 Å². The molecule has 1 aromatic rings. The third-order valence-corrected chi connectivity index (χ3v) is 4.27. The van der Waals surface area contributed by atoms with Crippen molar-refractivity contribution >= 4 is 17.7 Å². The molecule has 1 amide bonds. The van der Waals surface area contributed by atoms with Crippen LogP contribution in [0.3, 0.4) is 0 Å². The number of hydrogen-bond acceptors (Lipinski definition) is 2. The Morgan fingerprint density at radius 3 is 2.61 bits per heavy atom. The summed E-state index contributed by atoms with van der Waals surface area (Å²) in [6, 6.07) is 6.43. The number of benzene rings is 1. The van der Waals surface area contributed by atoms with E-state index >= 15 is 0 Å². The van der Waals surface area contributed by atoms with Crippen LogP contribution in [0.4, 0.5) is 4.39 Å². The van der Waals surface area contributed by atoms with Gasteiger partial charge in [-0.25, -0.2) is 4.39 Å². The second-order valence-electron chi connectivity index (χ2n) is 4.55. The van der Waals surface area contributed by atoms with E-state index in [1.54, 1.807) is 12.1 Å². The second kappa shape index (κ2) is 6.78. The number of nitrogens with one attached hydrogen (secondary N) is 1. The Labute approximate surface area is 111 Å². The lowest BCUT2D eigenvalue weighted by atomic mass is 10.0. The highest BCUT2D eigenvalue weighted by Crippen LogP contribution is 2.22. The molecule has 1 saturated heterocycles. The van der Waals surface area contributed by atoms with Gasteiger partial charge in [0.05, 0.1) is 0 Å². The molecule has 2 rings (SSSR count). The quantitative estimate of drug-likeness (QED) is 0.908. The van der Waals surface area contributed by atoms with Gasteiger partial charge in [-0.15, -0.1) is 0 Å². The third-order valence-electron chi connectivity index (χ3n) is 3.22. The van der Waals surface area contributed by atoms with Crippen LogP contribution in [0.1, 0.15) is 18.4 Å². The molecule has 4 heteroatoms. The minimum atomic E-state index is -0.220. The Kier molecular flexibility index (Phi) is 5.05. The number of carbonyl (C=O) groups is 1. The fourth-order valence-electron chi connectivity index (χ4n) is 2.09. The fourth-order valence-corrected chi connectivity index (χ4v) is 3.19. The van der Waals surface area contributed by atoms with Gasteiger partial charge in [0.25, 0.3) is 0 Å². The van der Waals surface area contributed by atoms with Gasteiger partial charge in [-0.1, -0.05) is 12.1 Å². The van der Waals surface area contributed by atoms with Crippen molar-refractivity contribution in [3.8, 4) is 0 Å².